The first-order valence-electron chi connectivity index (χ1n) is 6.29. The van der Waals surface area contributed by atoms with Crippen LogP contribution >= 0.6 is 35.0 Å². The molecule has 0 saturated heterocycles. The Morgan fingerprint density at radius 1 is 1.38 bits per heavy atom. The molecule has 1 amide bonds. The molecule has 0 bridgehead atoms. The molecular weight excluding hydrogens is 331 g/mol. The van der Waals surface area contributed by atoms with Crippen molar-refractivity contribution in [3.63, 3.8) is 0 Å². The summed E-state index contributed by atoms with van der Waals surface area (Å²) in [5, 5.41) is 12.2. The smallest absolute Gasteiger partial charge is 0.234 e. The quantitative estimate of drug-likeness (QED) is 0.841. The van der Waals surface area contributed by atoms with E-state index < -0.39 is 0 Å². The predicted molar refractivity (Wildman–Crippen MR) is 86.2 cm³/mol. The second kappa shape index (κ2) is 7.15. The van der Waals surface area contributed by atoms with E-state index in [0.29, 0.717) is 15.7 Å². The molecule has 0 saturated carbocycles. The molecule has 1 N–H and O–H groups in total. The molecule has 0 aliphatic heterocycles. The minimum atomic E-state index is -0.174. The van der Waals surface area contributed by atoms with Crippen LogP contribution in [-0.2, 0) is 11.3 Å². The van der Waals surface area contributed by atoms with Crippen LogP contribution in [0.1, 0.15) is 12.7 Å². The molecule has 1 aromatic carbocycles. The molecule has 112 valence electrons. The second-order valence-electron chi connectivity index (χ2n) is 4.21. The van der Waals surface area contributed by atoms with E-state index in [1.165, 1.54) is 11.8 Å². The number of aromatic nitrogens is 3. The number of hydrogen-bond acceptors (Lipinski definition) is 4. The highest BCUT2D eigenvalue weighted by molar-refractivity contribution is 7.99. The molecule has 0 spiro atoms. The lowest BCUT2D eigenvalue weighted by atomic mass is 10.3. The molecule has 1 aromatic heterocycles. The number of carbonyl (C=O) groups is 1. The zero-order valence-electron chi connectivity index (χ0n) is 11.6. The summed E-state index contributed by atoms with van der Waals surface area (Å²) in [6, 6.07) is 5.10. The summed E-state index contributed by atoms with van der Waals surface area (Å²) in [5.41, 5.74) is 0.503. The number of thioether (sulfide) groups is 1. The molecule has 0 aliphatic rings. The van der Waals surface area contributed by atoms with E-state index in [1.54, 1.807) is 18.2 Å². The molecule has 0 unspecified atom stereocenters. The van der Waals surface area contributed by atoms with Crippen molar-refractivity contribution in [2.24, 2.45) is 0 Å². The first-order chi connectivity index (χ1) is 10.0. The van der Waals surface area contributed by atoms with E-state index in [9.17, 15) is 4.79 Å². The van der Waals surface area contributed by atoms with E-state index in [-0.39, 0.29) is 11.7 Å². The molecule has 2 aromatic rings. The molecule has 8 heteroatoms. The fourth-order valence-electron chi connectivity index (χ4n) is 1.75. The van der Waals surface area contributed by atoms with Crippen molar-refractivity contribution >= 4 is 46.6 Å². The Morgan fingerprint density at radius 3 is 2.86 bits per heavy atom. The fraction of sp³-hybridized carbons (Fsp3) is 0.308. The Morgan fingerprint density at radius 2 is 2.14 bits per heavy atom. The zero-order valence-corrected chi connectivity index (χ0v) is 13.9. The van der Waals surface area contributed by atoms with Crippen molar-refractivity contribution in [3.05, 3.63) is 34.1 Å². The predicted octanol–water partition coefficient (Wildman–Crippen LogP) is 3.64. The number of nitrogens with zero attached hydrogens (tertiary/aromatic N) is 3. The highest BCUT2D eigenvalue weighted by Crippen LogP contribution is 2.29. The summed E-state index contributed by atoms with van der Waals surface area (Å²) in [6.45, 7) is 4.65. The van der Waals surface area contributed by atoms with Gasteiger partial charge in [-0.15, -0.1) is 10.2 Å². The Hall–Kier alpha value is -1.24. The maximum Gasteiger partial charge on any atom is 0.234 e. The minimum absolute atomic E-state index is 0.174. The first-order valence-corrected chi connectivity index (χ1v) is 8.03. The van der Waals surface area contributed by atoms with Crippen LogP contribution < -0.4 is 5.32 Å². The molecule has 0 radical (unpaired) electrons. The number of nitrogens with one attached hydrogen (secondary N) is 1. The Bertz CT molecular complexity index is 660. The van der Waals surface area contributed by atoms with Gasteiger partial charge in [-0.1, -0.05) is 41.0 Å². The van der Waals surface area contributed by atoms with Crippen LogP contribution in [0.3, 0.4) is 0 Å². The van der Waals surface area contributed by atoms with Gasteiger partial charge in [0, 0.05) is 6.54 Å². The number of amides is 1. The number of benzene rings is 1. The standard InChI is InChI=1S/C13H14Cl2N4OS/c1-3-19-8(2)17-18-13(19)21-7-11(20)16-10-6-4-5-9(14)12(10)15/h4-6H,3,7H2,1-2H3,(H,16,20). The van der Waals surface area contributed by atoms with Crippen LogP contribution in [0.4, 0.5) is 5.69 Å². The van der Waals surface area contributed by atoms with Gasteiger partial charge in [0.05, 0.1) is 21.5 Å². The molecule has 21 heavy (non-hydrogen) atoms. The van der Waals surface area contributed by atoms with Crippen LogP contribution in [0.25, 0.3) is 0 Å². The normalized spacial score (nSPS) is 10.7. The summed E-state index contributed by atoms with van der Waals surface area (Å²) < 4.78 is 1.95. The lowest BCUT2D eigenvalue weighted by molar-refractivity contribution is -0.113. The number of rotatable bonds is 5. The minimum Gasteiger partial charge on any atom is -0.324 e. The SMILES string of the molecule is CCn1c(C)nnc1SCC(=O)Nc1cccc(Cl)c1Cl. The molecule has 5 nitrogen and oxygen atoms in total. The largest absolute Gasteiger partial charge is 0.324 e. The van der Waals surface area contributed by atoms with Crippen LogP contribution in [0, 0.1) is 6.92 Å². The Balaban J connectivity index is 1.98. The third kappa shape index (κ3) is 3.90. The van der Waals surface area contributed by atoms with Gasteiger partial charge in [0.1, 0.15) is 5.82 Å². The van der Waals surface area contributed by atoms with E-state index in [2.05, 4.69) is 15.5 Å². The van der Waals surface area contributed by atoms with Gasteiger partial charge in [0.15, 0.2) is 5.16 Å². The maximum absolute atomic E-state index is 12.0. The molecule has 0 aliphatic carbocycles. The van der Waals surface area contributed by atoms with Gasteiger partial charge in [0.25, 0.3) is 0 Å². The summed E-state index contributed by atoms with van der Waals surface area (Å²) >= 11 is 13.3. The van der Waals surface area contributed by atoms with Crippen LogP contribution in [-0.4, -0.2) is 26.4 Å². The third-order valence-corrected chi connectivity index (χ3v) is 4.56. The third-order valence-electron chi connectivity index (χ3n) is 2.78. The van der Waals surface area contributed by atoms with E-state index >= 15 is 0 Å². The molecule has 0 atom stereocenters. The molecular formula is C13H14Cl2N4OS. The van der Waals surface area contributed by atoms with Gasteiger partial charge in [-0.25, -0.2) is 0 Å². The van der Waals surface area contributed by atoms with Gasteiger partial charge in [-0.3, -0.25) is 4.79 Å². The lowest BCUT2D eigenvalue weighted by Crippen LogP contribution is -2.15. The number of anilines is 1. The van der Waals surface area contributed by atoms with Gasteiger partial charge in [0.2, 0.25) is 5.91 Å². The van der Waals surface area contributed by atoms with Crippen molar-refractivity contribution in [3.8, 4) is 0 Å². The van der Waals surface area contributed by atoms with Gasteiger partial charge in [-0.2, -0.15) is 0 Å². The van der Waals surface area contributed by atoms with E-state index in [1.807, 2.05) is 18.4 Å². The molecule has 1 heterocycles. The second-order valence-corrected chi connectivity index (χ2v) is 5.94. The summed E-state index contributed by atoms with van der Waals surface area (Å²) in [4.78, 5) is 12.0. The zero-order chi connectivity index (χ0) is 15.4. The summed E-state index contributed by atoms with van der Waals surface area (Å²) in [5.74, 6) is 0.881. The number of halogens is 2. The summed E-state index contributed by atoms with van der Waals surface area (Å²) in [6.07, 6.45) is 0. The average Bonchev–Trinajstić information content (AvgIpc) is 2.82. The van der Waals surface area contributed by atoms with Crippen molar-refractivity contribution in [1.29, 1.82) is 0 Å². The lowest BCUT2D eigenvalue weighted by Gasteiger charge is -2.08. The van der Waals surface area contributed by atoms with E-state index in [4.69, 9.17) is 23.2 Å². The monoisotopic (exact) mass is 344 g/mol. The molecule has 0 fully saturated rings. The fourth-order valence-corrected chi connectivity index (χ4v) is 2.94. The Labute approximate surface area is 137 Å². The summed E-state index contributed by atoms with van der Waals surface area (Å²) in [7, 11) is 0. The topological polar surface area (TPSA) is 59.8 Å². The average molecular weight is 345 g/mol. The maximum atomic E-state index is 12.0. The van der Waals surface area contributed by atoms with E-state index in [0.717, 1.165) is 17.5 Å². The van der Waals surface area contributed by atoms with Gasteiger partial charge >= 0.3 is 0 Å². The number of hydrogen-bond donors (Lipinski definition) is 1. The molecule has 2 rings (SSSR count). The Kier molecular flexibility index (Phi) is 5.50. The number of aryl methyl sites for hydroxylation is 1. The van der Waals surface area contributed by atoms with Crippen molar-refractivity contribution in [2.45, 2.75) is 25.5 Å². The first kappa shape index (κ1) is 16.1. The number of carbonyl (C=O) groups excluding carboxylic acids is 1. The van der Waals surface area contributed by atoms with Crippen LogP contribution in [0.15, 0.2) is 23.4 Å². The highest BCUT2D eigenvalue weighted by Gasteiger charge is 2.12. The highest BCUT2D eigenvalue weighted by atomic mass is 35.5. The van der Waals surface area contributed by atoms with Crippen molar-refractivity contribution < 1.29 is 4.79 Å². The van der Waals surface area contributed by atoms with Crippen molar-refractivity contribution in [2.75, 3.05) is 11.1 Å². The van der Waals surface area contributed by atoms with Gasteiger partial charge < -0.3 is 9.88 Å². The van der Waals surface area contributed by atoms with Crippen molar-refractivity contribution in [1.82, 2.24) is 14.8 Å². The van der Waals surface area contributed by atoms with Gasteiger partial charge in [-0.05, 0) is 26.0 Å². The van der Waals surface area contributed by atoms with Crippen LogP contribution in [0.5, 0.6) is 0 Å². The van der Waals surface area contributed by atoms with Crippen LogP contribution in [0.2, 0.25) is 10.0 Å².